The quantitative estimate of drug-likeness (QED) is 0.486. The van der Waals surface area contributed by atoms with Crippen molar-refractivity contribution in [2.75, 3.05) is 7.05 Å². The lowest BCUT2D eigenvalue weighted by Crippen LogP contribution is -2.30. The fraction of sp³-hybridized carbons (Fsp3) is 0.667. The zero-order valence-electron chi connectivity index (χ0n) is 5.51. The van der Waals surface area contributed by atoms with Gasteiger partial charge in [0.05, 0.1) is 6.92 Å². The summed E-state index contributed by atoms with van der Waals surface area (Å²) in [6, 6.07) is 0.201. The van der Waals surface area contributed by atoms with Crippen LogP contribution in [-0.2, 0) is 4.79 Å². The minimum atomic E-state index is -0.375. The van der Waals surface area contributed by atoms with Crippen LogP contribution < -0.4 is 0 Å². The molecule has 2 heteroatoms. The zero-order valence-corrected chi connectivity index (χ0v) is 5.51. The summed E-state index contributed by atoms with van der Waals surface area (Å²) in [5.74, 6) is -0.375. The Labute approximate surface area is 50.5 Å². The van der Waals surface area contributed by atoms with Crippen LogP contribution >= 0.6 is 0 Å². The monoisotopic (exact) mass is 113 g/mol. The number of carbonyl (C=O) groups excluding carboxylic acids is 1. The van der Waals surface area contributed by atoms with Gasteiger partial charge in [-0.05, 0) is 13.8 Å². The minimum Gasteiger partial charge on any atom is -0.343 e. The van der Waals surface area contributed by atoms with Crippen molar-refractivity contribution in [3.8, 4) is 0 Å². The molecule has 0 aliphatic rings. The van der Waals surface area contributed by atoms with E-state index in [-0.39, 0.29) is 11.9 Å². The molecular weight excluding hydrogens is 102 g/mol. The van der Waals surface area contributed by atoms with Crippen LogP contribution in [0.15, 0.2) is 0 Å². The largest absolute Gasteiger partial charge is 0.343 e. The van der Waals surface area contributed by atoms with Crippen LogP contribution in [0.1, 0.15) is 13.8 Å². The van der Waals surface area contributed by atoms with Crippen LogP contribution in [0.25, 0.3) is 0 Å². The van der Waals surface area contributed by atoms with E-state index in [0.29, 0.717) is 0 Å². The molecule has 0 bridgehead atoms. The highest BCUT2D eigenvalue weighted by molar-refractivity contribution is 5.80. The number of carbonyl (C=O) groups is 1. The number of rotatable bonds is 1. The maximum Gasteiger partial charge on any atom is 0.227 e. The van der Waals surface area contributed by atoms with Gasteiger partial charge in [0, 0.05) is 13.1 Å². The average Bonchev–Trinajstić information content (AvgIpc) is 1.64. The Balaban J connectivity index is 3.64. The van der Waals surface area contributed by atoms with Gasteiger partial charge in [-0.1, -0.05) is 0 Å². The molecule has 0 atom stereocenters. The fourth-order valence-corrected chi connectivity index (χ4v) is 0.254. The van der Waals surface area contributed by atoms with Crippen LogP contribution in [-0.4, -0.2) is 23.9 Å². The van der Waals surface area contributed by atoms with Crippen molar-refractivity contribution in [1.29, 1.82) is 0 Å². The molecule has 2 radical (unpaired) electrons. The van der Waals surface area contributed by atoms with Gasteiger partial charge in [0.15, 0.2) is 0 Å². The molecule has 0 spiro atoms. The Hall–Kier alpha value is -0.530. The average molecular weight is 113 g/mol. The molecule has 0 aromatic rings. The third-order valence-corrected chi connectivity index (χ3v) is 1.12. The third-order valence-electron chi connectivity index (χ3n) is 1.12. The van der Waals surface area contributed by atoms with Crippen molar-refractivity contribution in [3.05, 3.63) is 6.92 Å². The first-order chi connectivity index (χ1) is 3.55. The van der Waals surface area contributed by atoms with Gasteiger partial charge in [-0.2, -0.15) is 0 Å². The number of nitrogens with zero attached hydrogens (tertiary/aromatic N) is 1. The molecule has 1 amide bonds. The molecular formula is C6H11NO. The van der Waals surface area contributed by atoms with E-state index in [1.54, 1.807) is 7.05 Å². The third kappa shape index (κ3) is 1.96. The second kappa shape index (κ2) is 2.70. The molecule has 0 aliphatic heterocycles. The van der Waals surface area contributed by atoms with Gasteiger partial charge >= 0.3 is 0 Å². The molecule has 2 nitrogen and oxygen atoms in total. The van der Waals surface area contributed by atoms with Gasteiger partial charge in [0.25, 0.3) is 0 Å². The molecule has 0 heterocycles. The van der Waals surface area contributed by atoms with Crippen molar-refractivity contribution in [2.45, 2.75) is 19.9 Å². The van der Waals surface area contributed by atoms with Gasteiger partial charge in [-0.3, -0.25) is 4.79 Å². The maximum atomic E-state index is 10.3. The van der Waals surface area contributed by atoms with Gasteiger partial charge in [-0.15, -0.1) is 0 Å². The van der Waals surface area contributed by atoms with Crippen LogP contribution in [0, 0.1) is 6.92 Å². The number of hydrogen-bond donors (Lipinski definition) is 0. The first-order valence-corrected chi connectivity index (χ1v) is 2.58. The molecule has 46 valence electrons. The Kier molecular flexibility index (Phi) is 2.52. The zero-order chi connectivity index (χ0) is 6.73. The topological polar surface area (TPSA) is 20.3 Å². The van der Waals surface area contributed by atoms with E-state index in [1.165, 1.54) is 4.90 Å². The Morgan fingerprint density at radius 2 is 2.00 bits per heavy atom. The summed E-state index contributed by atoms with van der Waals surface area (Å²) in [6.07, 6.45) is 0. The molecule has 0 N–H and O–H groups in total. The maximum absolute atomic E-state index is 10.3. The molecule has 0 saturated carbocycles. The van der Waals surface area contributed by atoms with Crippen LogP contribution in [0.5, 0.6) is 0 Å². The molecule has 0 fully saturated rings. The number of hydrogen-bond acceptors (Lipinski definition) is 1. The van der Waals surface area contributed by atoms with E-state index in [0.717, 1.165) is 0 Å². The predicted molar refractivity (Wildman–Crippen MR) is 32.2 cm³/mol. The minimum absolute atomic E-state index is 0.201. The van der Waals surface area contributed by atoms with Crippen molar-refractivity contribution in [2.24, 2.45) is 0 Å². The summed E-state index contributed by atoms with van der Waals surface area (Å²) < 4.78 is 0. The summed E-state index contributed by atoms with van der Waals surface area (Å²) in [5, 5.41) is 0. The summed E-state index contributed by atoms with van der Waals surface area (Å²) in [7, 11) is 1.67. The molecule has 8 heavy (non-hydrogen) atoms. The lowest BCUT2D eigenvalue weighted by Gasteiger charge is -2.18. The Morgan fingerprint density at radius 1 is 1.62 bits per heavy atom. The molecule has 0 rings (SSSR count). The highest BCUT2D eigenvalue weighted by Gasteiger charge is 2.04. The molecule has 0 unspecified atom stereocenters. The Bertz CT molecular complexity index is 88.5. The van der Waals surface area contributed by atoms with Crippen LogP contribution in [0.2, 0.25) is 0 Å². The number of amides is 1. The summed E-state index contributed by atoms with van der Waals surface area (Å²) in [6.45, 7) is 8.74. The van der Waals surface area contributed by atoms with Gasteiger partial charge in [0.1, 0.15) is 0 Å². The van der Waals surface area contributed by atoms with Crippen LogP contribution in [0.3, 0.4) is 0 Å². The Morgan fingerprint density at radius 3 is 2.00 bits per heavy atom. The lowest BCUT2D eigenvalue weighted by atomic mass is 10.3. The molecule has 0 aliphatic carbocycles. The van der Waals surface area contributed by atoms with Gasteiger partial charge < -0.3 is 4.90 Å². The second-order valence-corrected chi connectivity index (χ2v) is 2.04. The van der Waals surface area contributed by atoms with E-state index in [4.69, 9.17) is 6.92 Å². The van der Waals surface area contributed by atoms with Crippen molar-refractivity contribution < 1.29 is 4.79 Å². The van der Waals surface area contributed by atoms with E-state index < -0.39 is 0 Å². The second-order valence-electron chi connectivity index (χ2n) is 2.04. The highest BCUT2D eigenvalue weighted by Crippen LogP contribution is 1.91. The summed E-state index contributed by atoms with van der Waals surface area (Å²) >= 11 is 0. The van der Waals surface area contributed by atoms with Crippen molar-refractivity contribution >= 4 is 5.91 Å². The van der Waals surface area contributed by atoms with E-state index in [1.807, 2.05) is 13.8 Å². The molecule has 0 saturated heterocycles. The normalized spacial score (nSPS) is 9.62. The van der Waals surface area contributed by atoms with E-state index >= 15 is 0 Å². The summed E-state index contributed by atoms with van der Waals surface area (Å²) in [4.78, 5) is 11.8. The van der Waals surface area contributed by atoms with E-state index in [2.05, 4.69) is 0 Å². The first kappa shape index (κ1) is 7.47. The first-order valence-electron chi connectivity index (χ1n) is 2.58. The fourth-order valence-electron chi connectivity index (χ4n) is 0.254. The van der Waals surface area contributed by atoms with Crippen molar-refractivity contribution in [1.82, 2.24) is 4.90 Å². The van der Waals surface area contributed by atoms with E-state index in [9.17, 15) is 4.79 Å². The predicted octanol–water partition coefficient (Wildman–Crippen LogP) is 0.564. The standard InChI is InChI=1S/C6H11NO/c1-5(2)7(4)6(3)8/h3,5H,1-2,4H3. The van der Waals surface area contributed by atoms with Crippen molar-refractivity contribution in [3.63, 3.8) is 0 Å². The highest BCUT2D eigenvalue weighted by atomic mass is 16.2. The summed E-state index contributed by atoms with van der Waals surface area (Å²) in [5.41, 5.74) is 0. The molecule has 0 aromatic heterocycles. The lowest BCUT2D eigenvalue weighted by molar-refractivity contribution is -0.126. The smallest absolute Gasteiger partial charge is 0.227 e. The van der Waals surface area contributed by atoms with Gasteiger partial charge in [0.2, 0.25) is 5.91 Å². The van der Waals surface area contributed by atoms with Crippen LogP contribution in [0.4, 0.5) is 0 Å². The SMILES string of the molecule is [CH]C(=O)N(C)C(C)C. The van der Waals surface area contributed by atoms with Gasteiger partial charge in [-0.25, -0.2) is 0 Å². The molecule has 0 aromatic carbocycles.